The largest absolute Gasteiger partial charge is 0.391 e. The van der Waals surface area contributed by atoms with E-state index in [9.17, 15) is 22.9 Å². The molecular weight excluding hydrogens is 582 g/mol. The first kappa shape index (κ1) is 42.8. The lowest BCUT2D eigenvalue weighted by atomic mass is 10.0. The summed E-state index contributed by atoms with van der Waals surface area (Å²) >= 11 is 0. The second kappa shape index (κ2) is 31.7. The van der Waals surface area contributed by atoms with Crippen LogP contribution in [0.3, 0.4) is 0 Å². The maximum Gasteiger partial charge on any atom is 0.266 e. The van der Waals surface area contributed by atoms with Crippen LogP contribution in [0, 0.1) is 0 Å². The highest BCUT2D eigenvalue weighted by atomic mass is 32.2. The van der Waals surface area contributed by atoms with Crippen LogP contribution in [0.15, 0.2) is 72.9 Å². The Morgan fingerprint density at radius 2 is 1.07 bits per heavy atom. The highest BCUT2D eigenvalue weighted by molar-refractivity contribution is 7.85. The highest BCUT2D eigenvalue weighted by Gasteiger charge is 2.26. The van der Waals surface area contributed by atoms with E-state index in [1.54, 1.807) is 0 Å². The van der Waals surface area contributed by atoms with Crippen molar-refractivity contribution < 1.29 is 22.9 Å². The Bertz CT molecular complexity index is 978. The van der Waals surface area contributed by atoms with Gasteiger partial charge in [-0.15, -0.1) is 0 Å². The number of aliphatic hydroxyl groups is 1. The topological polar surface area (TPSA) is 104 Å². The van der Waals surface area contributed by atoms with Gasteiger partial charge in [0.2, 0.25) is 5.91 Å². The van der Waals surface area contributed by atoms with E-state index in [4.69, 9.17) is 0 Å². The fourth-order valence-electron chi connectivity index (χ4n) is 4.81. The van der Waals surface area contributed by atoms with Crippen LogP contribution in [-0.4, -0.2) is 41.9 Å². The van der Waals surface area contributed by atoms with E-state index < -0.39 is 28.0 Å². The van der Waals surface area contributed by atoms with Crippen molar-refractivity contribution in [2.75, 3.05) is 5.75 Å². The Morgan fingerprint density at radius 3 is 1.53 bits per heavy atom. The molecular formula is C38H65NO5S. The molecule has 0 fully saturated rings. The van der Waals surface area contributed by atoms with Crippen molar-refractivity contribution in [2.24, 2.45) is 0 Å². The van der Waals surface area contributed by atoms with Crippen molar-refractivity contribution in [3.63, 3.8) is 0 Å². The molecule has 0 aromatic heterocycles. The summed E-state index contributed by atoms with van der Waals surface area (Å²) in [7, 11) is -4.32. The predicted molar refractivity (Wildman–Crippen MR) is 193 cm³/mol. The third kappa shape index (κ3) is 33.0. The molecule has 0 radical (unpaired) electrons. The fourth-order valence-corrected chi connectivity index (χ4v) is 5.57. The molecule has 0 saturated carbocycles. The SMILES string of the molecule is CC/C=C\C/C=C\C/C=C\C/C=C\C/C=C\C/C=C\CCCCC(=O)NC(CS(=O)(=O)O)C(O)CCCCCCCCCCC. The molecule has 258 valence electrons. The average molecular weight is 648 g/mol. The Labute approximate surface area is 276 Å². The van der Waals surface area contributed by atoms with Crippen LogP contribution in [0.25, 0.3) is 0 Å². The van der Waals surface area contributed by atoms with Gasteiger partial charge in [0.25, 0.3) is 10.1 Å². The number of nitrogens with one attached hydrogen (secondary N) is 1. The van der Waals surface area contributed by atoms with Gasteiger partial charge in [-0.25, -0.2) is 0 Å². The van der Waals surface area contributed by atoms with Crippen LogP contribution in [0.4, 0.5) is 0 Å². The van der Waals surface area contributed by atoms with Crippen molar-refractivity contribution in [1.82, 2.24) is 5.32 Å². The van der Waals surface area contributed by atoms with E-state index in [2.05, 4.69) is 92.1 Å². The van der Waals surface area contributed by atoms with E-state index in [1.165, 1.54) is 38.5 Å². The van der Waals surface area contributed by atoms with Gasteiger partial charge >= 0.3 is 0 Å². The number of hydrogen-bond donors (Lipinski definition) is 3. The summed E-state index contributed by atoms with van der Waals surface area (Å²) in [6.45, 7) is 4.35. The Morgan fingerprint density at radius 1 is 0.622 bits per heavy atom. The quantitative estimate of drug-likeness (QED) is 0.0409. The number of amides is 1. The maximum absolute atomic E-state index is 12.4. The smallest absolute Gasteiger partial charge is 0.266 e. The molecule has 0 aliphatic carbocycles. The van der Waals surface area contributed by atoms with Gasteiger partial charge in [-0.05, 0) is 64.2 Å². The molecule has 6 nitrogen and oxygen atoms in total. The van der Waals surface area contributed by atoms with Gasteiger partial charge in [0.1, 0.15) is 0 Å². The first-order chi connectivity index (χ1) is 21.8. The first-order valence-electron chi connectivity index (χ1n) is 17.6. The van der Waals surface area contributed by atoms with Crippen molar-refractivity contribution in [3.8, 4) is 0 Å². The van der Waals surface area contributed by atoms with Crippen molar-refractivity contribution in [1.29, 1.82) is 0 Å². The summed E-state index contributed by atoms with van der Waals surface area (Å²) in [6, 6.07) is -0.995. The summed E-state index contributed by atoms with van der Waals surface area (Å²) in [5, 5.41) is 13.2. The first-order valence-corrected chi connectivity index (χ1v) is 19.2. The molecule has 7 heteroatoms. The summed E-state index contributed by atoms with van der Waals surface area (Å²) in [6.07, 6.45) is 44.3. The third-order valence-electron chi connectivity index (χ3n) is 7.43. The molecule has 0 aliphatic heterocycles. The third-order valence-corrected chi connectivity index (χ3v) is 8.21. The molecule has 45 heavy (non-hydrogen) atoms. The standard InChI is InChI=1S/C38H65NO5S/c1-3-5-7-9-11-13-14-15-16-17-18-19-20-21-22-23-24-26-28-30-32-34-38(41)39-36(35-45(42,43)44)37(40)33-31-29-27-25-12-10-8-6-4-2/h5,7,11,13,15-16,18-19,21-22,24,26,36-37,40H,3-4,6,8-10,12,14,17,20,23,25,27-35H2,1-2H3,(H,39,41)(H,42,43,44)/b7-5-,13-11-,16-15-,19-18-,22-21-,26-24-. The number of rotatable bonds is 30. The Balaban J connectivity index is 4.05. The zero-order valence-electron chi connectivity index (χ0n) is 28.5. The van der Waals surface area contributed by atoms with E-state index in [1.807, 2.05) is 0 Å². The van der Waals surface area contributed by atoms with E-state index in [0.717, 1.165) is 70.6 Å². The molecule has 0 heterocycles. The summed E-state index contributed by atoms with van der Waals surface area (Å²) in [5.41, 5.74) is 0. The molecule has 0 saturated heterocycles. The van der Waals surface area contributed by atoms with Crippen LogP contribution >= 0.6 is 0 Å². The molecule has 0 spiro atoms. The van der Waals surface area contributed by atoms with Crippen LogP contribution in [-0.2, 0) is 14.9 Å². The van der Waals surface area contributed by atoms with Gasteiger partial charge in [-0.2, -0.15) is 8.42 Å². The lowest BCUT2D eigenvalue weighted by Gasteiger charge is -2.23. The molecule has 0 rings (SSSR count). The number of aliphatic hydroxyl groups excluding tert-OH is 1. The fraction of sp³-hybridized carbons (Fsp3) is 0.658. The van der Waals surface area contributed by atoms with Crippen molar-refractivity contribution in [3.05, 3.63) is 72.9 Å². The van der Waals surface area contributed by atoms with Gasteiger partial charge < -0.3 is 10.4 Å². The molecule has 0 aliphatic rings. The molecule has 0 aromatic carbocycles. The highest BCUT2D eigenvalue weighted by Crippen LogP contribution is 2.14. The Kier molecular flexibility index (Phi) is 30.2. The number of carbonyl (C=O) groups excluding carboxylic acids is 1. The van der Waals surface area contributed by atoms with Crippen LogP contribution in [0.1, 0.15) is 142 Å². The van der Waals surface area contributed by atoms with Gasteiger partial charge in [-0.1, -0.05) is 145 Å². The second-order valence-corrected chi connectivity index (χ2v) is 13.3. The minimum atomic E-state index is -4.32. The summed E-state index contributed by atoms with van der Waals surface area (Å²) in [5.74, 6) is -0.965. The molecule has 0 aromatic rings. The van der Waals surface area contributed by atoms with Crippen LogP contribution in [0.2, 0.25) is 0 Å². The molecule has 0 bridgehead atoms. The normalized spacial score (nSPS) is 14.3. The van der Waals surface area contributed by atoms with Gasteiger partial charge in [-0.3, -0.25) is 9.35 Å². The lowest BCUT2D eigenvalue weighted by molar-refractivity contribution is -0.122. The molecule has 3 N–H and O–H groups in total. The number of hydrogen-bond acceptors (Lipinski definition) is 4. The zero-order chi connectivity index (χ0) is 33.3. The lowest BCUT2D eigenvalue weighted by Crippen LogP contribution is -2.47. The number of carbonyl (C=O) groups is 1. The summed E-state index contributed by atoms with van der Waals surface area (Å²) in [4.78, 5) is 12.4. The van der Waals surface area contributed by atoms with Gasteiger partial charge in [0, 0.05) is 6.42 Å². The minimum Gasteiger partial charge on any atom is -0.391 e. The van der Waals surface area contributed by atoms with Crippen molar-refractivity contribution >= 4 is 16.0 Å². The molecule has 2 unspecified atom stereocenters. The van der Waals surface area contributed by atoms with E-state index >= 15 is 0 Å². The van der Waals surface area contributed by atoms with E-state index in [-0.39, 0.29) is 12.3 Å². The second-order valence-electron chi connectivity index (χ2n) is 11.8. The predicted octanol–water partition coefficient (Wildman–Crippen LogP) is 9.90. The number of allylic oxidation sites excluding steroid dienone is 12. The molecule has 2 atom stereocenters. The van der Waals surface area contributed by atoms with Gasteiger partial charge in [0.05, 0.1) is 17.9 Å². The zero-order valence-corrected chi connectivity index (χ0v) is 29.3. The number of unbranched alkanes of at least 4 members (excludes halogenated alkanes) is 10. The van der Waals surface area contributed by atoms with E-state index in [0.29, 0.717) is 12.8 Å². The molecule has 1 amide bonds. The van der Waals surface area contributed by atoms with Crippen LogP contribution < -0.4 is 5.32 Å². The Hall–Kier alpha value is -2.22. The maximum atomic E-state index is 12.4. The summed E-state index contributed by atoms with van der Waals surface area (Å²) < 4.78 is 32.3. The minimum absolute atomic E-state index is 0.259. The van der Waals surface area contributed by atoms with Gasteiger partial charge in [0.15, 0.2) is 0 Å². The average Bonchev–Trinajstić information content (AvgIpc) is 3.00. The monoisotopic (exact) mass is 647 g/mol. The van der Waals surface area contributed by atoms with Crippen LogP contribution in [0.5, 0.6) is 0 Å². The van der Waals surface area contributed by atoms with Crippen molar-refractivity contribution in [2.45, 2.75) is 154 Å².